The van der Waals surface area contributed by atoms with Gasteiger partial charge in [0, 0.05) is 0 Å². The minimum atomic E-state index is -0.699. The molecule has 3 N–H and O–H groups in total. The SMILES string of the molecule is CCCCCCCCCCCCCCC[C@@H](O)[C@H](CO)NC(=O)C(Br)Br. The van der Waals surface area contributed by atoms with Gasteiger partial charge in [0.1, 0.15) is 3.74 Å². The highest BCUT2D eigenvalue weighted by Crippen LogP contribution is 2.14. The van der Waals surface area contributed by atoms with Crippen LogP contribution in [0.5, 0.6) is 0 Å². The van der Waals surface area contributed by atoms with Crippen LogP contribution in [0, 0.1) is 0 Å². The van der Waals surface area contributed by atoms with Crippen LogP contribution in [0.15, 0.2) is 0 Å². The van der Waals surface area contributed by atoms with Gasteiger partial charge in [0.25, 0.3) is 0 Å². The monoisotopic (exact) mass is 499 g/mol. The Morgan fingerprint density at radius 1 is 0.846 bits per heavy atom. The van der Waals surface area contributed by atoms with Crippen LogP contribution in [0.1, 0.15) is 96.8 Å². The topological polar surface area (TPSA) is 69.6 Å². The summed E-state index contributed by atoms with van der Waals surface area (Å²) < 4.78 is -0.507. The Morgan fingerprint density at radius 2 is 1.27 bits per heavy atom. The highest BCUT2D eigenvalue weighted by Gasteiger charge is 2.22. The van der Waals surface area contributed by atoms with Gasteiger partial charge in [-0.1, -0.05) is 122 Å². The van der Waals surface area contributed by atoms with Crippen molar-refractivity contribution in [3.05, 3.63) is 0 Å². The minimum absolute atomic E-state index is 0.252. The zero-order chi connectivity index (χ0) is 19.6. The van der Waals surface area contributed by atoms with Gasteiger partial charge >= 0.3 is 0 Å². The van der Waals surface area contributed by atoms with Gasteiger partial charge in [-0.25, -0.2) is 0 Å². The molecule has 0 aliphatic rings. The average molecular weight is 501 g/mol. The van der Waals surface area contributed by atoms with E-state index in [-0.39, 0.29) is 12.5 Å². The van der Waals surface area contributed by atoms with Crippen LogP contribution in [0.25, 0.3) is 0 Å². The van der Waals surface area contributed by atoms with Crippen molar-refractivity contribution in [3.63, 3.8) is 0 Å². The standard InChI is InChI=1S/C20H39Br2NO3/c1-2-3-4-5-6-7-8-9-10-11-12-13-14-15-18(25)17(16-24)23-20(26)19(21)22/h17-19,24-25H,2-16H2,1H3,(H,23,26)/t17-,18+/m0/s1. The quantitative estimate of drug-likeness (QED) is 0.174. The molecule has 156 valence electrons. The summed E-state index contributed by atoms with van der Waals surface area (Å²) in [5.41, 5.74) is 0. The van der Waals surface area contributed by atoms with Crippen LogP contribution in [-0.2, 0) is 4.79 Å². The van der Waals surface area contributed by atoms with E-state index in [1.54, 1.807) is 0 Å². The summed E-state index contributed by atoms with van der Waals surface area (Å²) in [5, 5.41) is 22.1. The Hall–Kier alpha value is 0.350. The largest absolute Gasteiger partial charge is 0.394 e. The van der Waals surface area contributed by atoms with E-state index in [1.165, 1.54) is 70.6 Å². The molecule has 0 fully saturated rings. The lowest BCUT2D eigenvalue weighted by Crippen LogP contribution is -2.47. The van der Waals surface area contributed by atoms with Crippen LogP contribution in [0.2, 0.25) is 0 Å². The number of unbranched alkanes of at least 4 members (excludes halogenated alkanes) is 12. The maximum absolute atomic E-state index is 11.6. The first-order chi connectivity index (χ1) is 12.5. The van der Waals surface area contributed by atoms with E-state index in [2.05, 4.69) is 44.1 Å². The second-order valence-corrected chi connectivity index (χ2v) is 10.3. The predicted octanol–water partition coefficient (Wildman–Crippen LogP) is 5.42. The Balaban J connectivity index is 3.49. The van der Waals surface area contributed by atoms with Crippen molar-refractivity contribution in [1.29, 1.82) is 0 Å². The zero-order valence-electron chi connectivity index (χ0n) is 16.4. The van der Waals surface area contributed by atoms with Gasteiger partial charge in [0.2, 0.25) is 5.91 Å². The number of carbonyl (C=O) groups excluding carboxylic acids is 1. The lowest BCUT2D eigenvalue weighted by molar-refractivity contribution is -0.121. The van der Waals surface area contributed by atoms with Gasteiger partial charge in [-0.3, -0.25) is 4.79 Å². The van der Waals surface area contributed by atoms with E-state index in [0.717, 1.165) is 12.8 Å². The molecule has 0 spiro atoms. The molecule has 26 heavy (non-hydrogen) atoms. The summed E-state index contributed by atoms with van der Waals surface area (Å²) in [6, 6.07) is -0.600. The maximum atomic E-state index is 11.6. The molecule has 0 aromatic heterocycles. The van der Waals surface area contributed by atoms with Crippen LogP contribution < -0.4 is 5.32 Å². The molecule has 6 heteroatoms. The summed E-state index contributed by atoms with van der Waals surface area (Å²) in [6.07, 6.45) is 16.7. The molecule has 2 atom stereocenters. The van der Waals surface area contributed by atoms with Crippen molar-refractivity contribution in [2.45, 2.75) is 113 Å². The van der Waals surface area contributed by atoms with Gasteiger partial charge in [-0.2, -0.15) is 0 Å². The number of aliphatic hydroxyl groups excluding tert-OH is 2. The number of amides is 1. The number of alkyl halides is 2. The van der Waals surface area contributed by atoms with Crippen LogP contribution in [0.4, 0.5) is 0 Å². The molecule has 0 aliphatic heterocycles. The summed E-state index contributed by atoms with van der Waals surface area (Å²) in [5.74, 6) is -0.284. The third kappa shape index (κ3) is 15.4. The molecule has 0 bridgehead atoms. The molecule has 0 saturated heterocycles. The predicted molar refractivity (Wildman–Crippen MR) is 117 cm³/mol. The number of carbonyl (C=O) groups is 1. The molecule has 0 unspecified atom stereocenters. The number of nitrogens with one attached hydrogen (secondary N) is 1. The smallest absolute Gasteiger partial charge is 0.244 e. The fourth-order valence-corrected chi connectivity index (χ4v) is 3.35. The van der Waals surface area contributed by atoms with Gasteiger partial charge in [-0.05, 0) is 6.42 Å². The molecule has 1 amide bonds. The summed E-state index contributed by atoms with van der Waals surface area (Å²) in [4.78, 5) is 11.6. The molecule has 0 heterocycles. The zero-order valence-corrected chi connectivity index (χ0v) is 19.6. The highest BCUT2D eigenvalue weighted by atomic mass is 79.9. The van der Waals surface area contributed by atoms with Gasteiger partial charge in [0.05, 0.1) is 18.8 Å². The second-order valence-electron chi connectivity index (χ2n) is 7.20. The molecule has 4 nitrogen and oxygen atoms in total. The third-order valence-corrected chi connectivity index (χ3v) is 5.62. The van der Waals surface area contributed by atoms with Crippen molar-refractivity contribution >= 4 is 37.8 Å². The third-order valence-electron chi connectivity index (χ3n) is 4.79. The Bertz CT molecular complexity index is 330. The van der Waals surface area contributed by atoms with Crippen molar-refractivity contribution < 1.29 is 15.0 Å². The molecule has 0 aliphatic carbocycles. The molecular formula is C20H39Br2NO3. The summed E-state index contributed by atoms with van der Waals surface area (Å²) >= 11 is 6.21. The average Bonchev–Trinajstić information content (AvgIpc) is 2.62. The number of rotatable bonds is 18. The molecule has 0 saturated carbocycles. The molecule has 0 radical (unpaired) electrons. The number of aliphatic hydroxyl groups is 2. The first-order valence-electron chi connectivity index (χ1n) is 10.4. The first kappa shape index (κ1) is 26.4. The Labute approximate surface area is 177 Å². The second kappa shape index (κ2) is 18.7. The Morgan fingerprint density at radius 3 is 1.65 bits per heavy atom. The lowest BCUT2D eigenvalue weighted by Gasteiger charge is -2.22. The number of halogens is 2. The molecule has 0 rings (SSSR count). The molecular weight excluding hydrogens is 462 g/mol. The minimum Gasteiger partial charge on any atom is -0.394 e. The Kier molecular flexibility index (Phi) is 19.0. The van der Waals surface area contributed by atoms with Crippen LogP contribution >= 0.6 is 31.9 Å². The number of hydrogen-bond acceptors (Lipinski definition) is 3. The fraction of sp³-hybridized carbons (Fsp3) is 0.950. The van der Waals surface area contributed by atoms with E-state index in [4.69, 9.17) is 0 Å². The van der Waals surface area contributed by atoms with E-state index >= 15 is 0 Å². The van der Waals surface area contributed by atoms with Gasteiger partial charge in [-0.15, -0.1) is 0 Å². The van der Waals surface area contributed by atoms with Gasteiger partial charge < -0.3 is 15.5 Å². The molecule has 0 aromatic rings. The van der Waals surface area contributed by atoms with Crippen molar-refractivity contribution in [1.82, 2.24) is 5.32 Å². The van der Waals surface area contributed by atoms with E-state index in [9.17, 15) is 15.0 Å². The molecule has 0 aromatic carbocycles. The van der Waals surface area contributed by atoms with Crippen molar-refractivity contribution in [2.24, 2.45) is 0 Å². The van der Waals surface area contributed by atoms with E-state index in [0.29, 0.717) is 6.42 Å². The van der Waals surface area contributed by atoms with E-state index in [1.807, 2.05) is 0 Å². The maximum Gasteiger partial charge on any atom is 0.244 e. The van der Waals surface area contributed by atoms with Gasteiger partial charge in [0.15, 0.2) is 0 Å². The highest BCUT2D eigenvalue weighted by molar-refractivity contribution is 9.25. The lowest BCUT2D eigenvalue weighted by atomic mass is 10.0. The normalized spacial score (nSPS) is 13.8. The van der Waals surface area contributed by atoms with Crippen molar-refractivity contribution in [3.8, 4) is 0 Å². The van der Waals surface area contributed by atoms with Crippen LogP contribution in [0.3, 0.4) is 0 Å². The van der Waals surface area contributed by atoms with Crippen LogP contribution in [-0.4, -0.2) is 38.6 Å². The summed E-state index contributed by atoms with van der Waals surface area (Å²) in [7, 11) is 0. The van der Waals surface area contributed by atoms with Crippen molar-refractivity contribution in [2.75, 3.05) is 6.61 Å². The summed E-state index contributed by atoms with van der Waals surface area (Å²) in [6.45, 7) is 2.00. The van der Waals surface area contributed by atoms with E-state index < -0.39 is 15.9 Å². The first-order valence-corrected chi connectivity index (χ1v) is 12.2. The fourth-order valence-electron chi connectivity index (χ4n) is 3.08. The number of hydrogen-bond donors (Lipinski definition) is 3.